The van der Waals surface area contributed by atoms with Gasteiger partial charge in [-0.25, -0.2) is 0 Å². The molecule has 30 heavy (non-hydrogen) atoms. The smallest absolute Gasteiger partial charge is 0.221 e. The second-order valence-corrected chi connectivity index (χ2v) is 9.13. The number of nitrogens with zero attached hydrogens (tertiary/aromatic N) is 3. The van der Waals surface area contributed by atoms with E-state index in [1.807, 2.05) is 7.05 Å². The van der Waals surface area contributed by atoms with Crippen LogP contribution in [0.2, 0.25) is 0 Å². The van der Waals surface area contributed by atoms with E-state index >= 15 is 0 Å². The van der Waals surface area contributed by atoms with Gasteiger partial charge in [0.05, 0.1) is 19.1 Å². The molecule has 0 bridgehead atoms. The van der Waals surface area contributed by atoms with E-state index in [1.165, 1.54) is 32.1 Å². The van der Waals surface area contributed by atoms with Crippen molar-refractivity contribution in [1.29, 1.82) is 0 Å². The van der Waals surface area contributed by atoms with Gasteiger partial charge in [-0.2, -0.15) is 0 Å². The van der Waals surface area contributed by atoms with Crippen molar-refractivity contribution in [1.82, 2.24) is 20.4 Å². The fourth-order valence-electron chi connectivity index (χ4n) is 5.32. The van der Waals surface area contributed by atoms with E-state index in [4.69, 9.17) is 10.5 Å². The number of carbonyl (C=O) groups excluding carboxylic acids is 1. The van der Waals surface area contributed by atoms with Crippen LogP contribution in [0, 0.1) is 5.92 Å². The summed E-state index contributed by atoms with van der Waals surface area (Å²) in [6, 6.07) is 0. The van der Waals surface area contributed by atoms with Gasteiger partial charge in [0.2, 0.25) is 5.91 Å². The Morgan fingerprint density at radius 2 is 1.90 bits per heavy atom. The molecular weight excluding hydrogens is 380 g/mol. The summed E-state index contributed by atoms with van der Waals surface area (Å²) in [6.07, 6.45) is 9.52. The minimum Gasteiger partial charge on any atom is -0.379 e. The second-order valence-electron chi connectivity index (χ2n) is 9.13. The maximum absolute atomic E-state index is 11.4. The quantitative estimate of drug-likeness (QED) is 0.304. The Kier molecular flexibility index (Phi) is 9.21. The summed E-state index contributed by atoms with van der Waals surface area (Å²) < 4.78 is 5.59. The van der Waals surface area contributed by atoms with Gasteiger partial charge >= 0.3 is 0 Å². The van der Waals surface area contributed by atoms with Crippen molar-refractivity contribution in [2.75, 3.05) is 66.1 Å². The lowest BCUT2D eigenvalue weighted by atomic mass is 9.80. The zero-order valence-corrected chi connectivity index (χ0v) is 18.8. The first kappa shape index (κ1) is 23.3. The third-order valence-corrected chi connectivity index (χ3v) is 7.13. The first-order valence-corrected chi connectivity index (χ1v) is 11.9. The maximum atomic E-state index is 11.4. The average molecular weight is 423 g/mol. The highest BCUT2D eigenvalue weighted by molar-refractivity contribution is 5.79. The molecule has 0 radical (unpaired) electrons. The maximum Gasteiger partial charge on any atom is 0.221 e. The third kappa shape index (κ3) is 6.56. The van der Waals surface area contributed by atoms with Gasteiger partial charge in [0, 0.05) is 45.3 Å². The van der Waals surface area contributed by atoms with Crippen molar-refractivity contribution in [2.24, 2.45) is 16.6 Å². The number of piperidine rings is 1. The van der Waals surface area contributed by atoms with Crippen molar-refractivity contribution in [3.8, 4) is 0 Å². The van der Waals surface area contributed by atoms with Gasteiger partial charge in [-0.1, -0.05) is 19.3 Å². The van der Waals surface area contributed by atoms with Crippen LogP contribution in [0.4, 0.5) is 0 Å². The lowest BCUT2D eigenvalue weighted by Crippen LogP contribution is -2.60. The lowest BCUT2D eigenvalue weighted by Gasteiger charge is -2.48. The highest BCUT2D eigenvalue weighted by atomic mass is 16.5. The van der Waals surface area contributed by atoms with E-state index in [2.05, 4.69) is 25.4 Å². The summed E-state index contributed by atoms with van der Waals surface area (Å²) in [5.74, 6) is 0.759. The molecule has 3 aliphatic rings. The van der Waals surface area contributed by atoms with Gasteiger partial charge in [0.15, 0.2) is 5.96 Å². The van der Waals surface area contributed by atoms with E-state index < -0.39 is 0 Å². The van der Waals surface area contributed by atoms with Crippen molar-refractivity contribution in [3.05, 3.63) is 0 Å². The van der Waals surface area contributed by atoms with Gasteiger partial charge in [0.1, 0.15) is 0 Å². The van der Waals surface area contributed by atoms with Crippen molar-refractivity contribution in [3.63, 3.8) is 0 Å². The number of primary amides is 1. The molecule has 2 aliphatic heterocycles. The van der Waals surface area contributed by atoms with Crippen LogP contribution in [-0.4, -0.2) is 93.3 Å². The molecule has 8 nitrogen and oxygen atoms in total. The van der Waals surface area contributed by atoms with Crippen molar-refractivity contribution < 1.29 is 9.53 Å². The lowest BCUT2D eigenvalue weighted by molar-refractivity contribution is -0.123. The summed E-state index contributed by atoms with van der Waals surface area (Å²) in [7, 11) is 1.85. The molecule has 1 unspecified atom stereocenters. The molecule has 2 heterocycles. The number of aliphatic imine (C=N–C) groups is 1. The van der Waals surface area contributed by atoms with Crippen LogP contribution in [-0.2, 0) is 9.53 Å². The van der Waals surface area contributed by atoms with Crippen LogP contribution >= 0.6 is 0 Å². The highest BCUT2D eigenvalue weighted by Gasteiger charge is 2.38. The number of guanidine groups is 1. The standard InChI is InChI=1S/C22H42N6O2/c1-24-21(25-10-6-12-27-11-5-7-19(17-27)20(23)29)26-18-22(8-3-2-4-9-22)28-13-15-30-16-14-28/h19H,2-18H2,1H3,(H2,23,29)(H2,24,25,26). The zero-order chi connectivity index (χ0) is 21.2. The van der Waals surface area contributed by atoms with Crippen LogP contribution in [0.15, 0.2) is 4.99 Å². The topological polar surface area (TPSA) is 95.2 Å². The number of nitrogens with two attached hydrogens (primary N) is 1. The predicted molar refractivity (Wildman–Crippen MR) is 121 cm³/mol. The molecule has 1 atom stereocenters. The summed E-state index contributed by atoms with van der Waals surface area (Å²) in [4.78, 5) is 20.9. The molecule has 0 aromatic heterocycles. The number of hydrogen-bond donors (Lipinski definition) is 3. The van der Waals surface area contributed by atoms with E-state index in [9.17, 15) is 4.79 Å². The Hall–Kier alpha value is -1.38. The van der Waals surface area contributed by atoms with Gasteiger partial charge in [-0.3, -0.25) is 14.7 Å². The Labute approximate surface area is 182 Å². The van der Waals surface area contributed by atoms with Crippen LogP contribution in [0.3, 0.4) is 0 Å². The van der Waals surface area contributed by atoms with Gasteiger partial charge < -0.3 is 26.0 Å². The molecule has 2 saturated heterocycles. The fourth-order valence-corrected chi connectivity index (χ4v) is 5.32. The third-order valence-electron chi connectivity index (χ3n) is 7.13. The van der Waals surface area contributed by atoms with Gasteiger partial charge in [0.25, 0.3) is 0 Å². The van der Waals surface area contributed by atoms with E-state index in [-0.39, 0.29) is 17.4 Å². The van der Waals surface area contributed by atoms with Crippen molar-refractivity contribution in [2.45, 2.75) is 56.9 Å². The first-order chi connectivity index (χ1) is 14.6. The Bertz CT molecular complexity index is 558. The fraction of sp³-hybridized carbons (Fsp3) is 0.909. The SMILES string of the molecule is CN=C(NCCCN1CCCC(C(N)=O)C1)NCC1(N2CCOCC2)CCCCC1. The first-order valence-electron chi connectivity index (χ1n) is 11.9. The largest absolute Gasteiger partial charge is 0.379 e. The van der Waals surface area contributed by atoms with Gasteiger partial charge in [-0.15, -0.1) is 0 Å². The molecule has 0 aromatic rings. The Morgan fingerprint density at radius 1 is 1.13 bits per heavy atom. The molecule has 1 amide bonds. The molecule has 3 fully saturated rings. The predicted octanol–water partition coefficient (Wildman–Crippen LogP) is 0.774. The summed E-state index contributed by atoms with van der Waals surface area (Å²) in [5, 5.41) is 7.10. The number of carbonyl (C=O) groups is 1. The molecule has 8 heteroatoms. The number of amides is 1. The summed E-state index contributed by atoms with van der Waals surface area (Å²) in [6.45, 7) is 8.46. The summed E-state index contributed by atoms with van der Waals surface area (Å²) >= 11 is 0. The van der Waals surface area contributed by atoms with Crippen LogP contribution in [0.5, 0.6) is 0 Å². The van der Waals surface area contributed by atoms with E-state index in [1.54, 1.807) is 0 Å². The molecule has 0 spiro atoms. The van der Waals surface area contributed by atoms with E-state index in [0.717, 1.165) is 84.2 Å². The molecule has 3 rings (SSSR count). The number of rotatable bonds is 8. The molecular formula is C22H42N6O2. The highest BCUT2D eigenvalue weighted by Crippen LogP contribution is 2.33. The molecule has 172 valence electrons. The zero-order valence-electron chi connectivity index (χ0n) is 18.8. The number of ether oxygens (including phenoxy) is 1. The van der Waals surface area contributed by atoms with Crippen LogP contribution in [0.25, 0.3) is 0 Å². The van der Waals surface area contributed by atoms with Crippen molar-refractivity contribution >= 4 is 11.9 Å². The van der Waals surface area contributed by atoms with Gasteiger partial charge in [-0.05, 0) is 45.2 Å². The normalized spacial score (nSPS) is 26.3. The number of nitrogens with one attached hydrogen (secondary N) is 2. The Morgan fingerprint density at radius 3 is 2.60 bits per heavy atom. The van der Waals surface area contributed by atoms with Crippen LogP contribution in [0.1, 0.15) is 51.4 Å². The van der Waals surface area contributed by atoms with Crippen LogP contribution < -0.4 is 16.4 Å². The molecule has 0 aromatic carbocycles. The number of hydrogen-bond acceptors (Lipinski definition) is 5. The second kappa shape index (κ2) is 11.9. The van der Waals surface area contributed by atoms with E-state index in [0.29, 0.717) is 0 Å². The summed E-state index contributed by atoms with van der Waals surface area (Å²) in [5.41, 5.74) is 5.72. The molecule has 4 N–H and O–H groups in total. The average Bonchev–Trinajstić information content (AvgIpc) is 2.80. The number of likely N-dealkylation sites (tertiary alicyclic amines) is 1. The number of morpholine rings is 1. The monoisotopic (exact) mass is 422 g/mol. The minimum atomic E-state index is -0.153. The Balaban J connectivity index is 1.40. The molecule has 1 aliphatic carbocycles. The molecule has 1 saturated carbocycles. The minimum absolute atomic E-state index is 0.0213.